The molecule has 1 aliphatic rings. The van der Waals surface area contributed by atoms with E-state index in [9.17, 15) is 0 Å². The summed E-state index contributed by atoms with van der Waals surface area (Å²) in [6.07, 6.45) is 5.80. The number of rotatable bonds is 1. The number of hydrogen-bond donors (Lipinski definition) is 2. The van der Waals surface area contributed by atoms with E-state index < -0.39 is 0 Å². The monoisotopic (exact) mass is 203 g/mol. The van der Waals surface area contributed by atoms with Crippen molar-refractivity contribution < 1.29 is 0 Å². The van der Waals surface area contributed by atoms with E-state index in [-0.39, 0.29) is 0 Å². The van der Waals surface area contributed by atoms with Crippen molar-refractivity contribution in [3.63, 3.8) is 0 Å². The van der Waals surface area contributed by atoms with Crippen molar-refractivity contribution in [1.82, 2.24) is 25.5 Å². The molecule has 2 aromatic heterocycles. The molecular formula is C10H13N5. The number of piperidine rings is 1. The normalized spacial score (nSPS) is 22.0. The Kier molecular flexibility index (Phi) is 2.10. The van der Waals surface area contributed by atoms with Crippen molar-refractivity contribution in [3.05, 3.63) is 18.1 Å². The van der Waals surface area contributed by atoms with Gasteiger partial charge in [-0.25, -0.2) is 9.97 Å². The molecule has 1 aliphatic heterocycles. The Labute approximate surface area is 87.3 Å². The molecule has 15 heavy (non-hydrogen) atoms. The van der Waals surface area contributed by atoms with Crippen molar-refractivity contribution in [2.24, 2.45) is 0 Å². The maximum Gasteiger partial charge on any atom is 0.199 e. The van der Waals surface area contributed by atoms with Gasteiger partial charge in [-0.15, -0.1) is 0 Å². The average molecular weight is 203 g/mol. The first-order valence-corrected chi connectivity index (χ1v) is 5.31. The molecule has 2 N–H and O–H groups in total. The van der Waals surface area contributed by atoms with Gasteiger partial charge in [-0.1, -0.05) is 0 Å². The molecule has 0 saturated carbocycles. The first kappa shape index (κ1) is 8.79. The van der Waals surface area contributed by atoms with Crippen molar-refractivity contribution in [3.8, 4) is 0 Å². The van der Waals surface area contributed by atoms with Crippen LogP contribution in [0.3, 0.4) is 0 Å². The lowest BCUT2D eigenvalue weighted by molar-refractivity contribution is 0.455. The van der Waals surface area contributed by atoms with Crippen LogP contribution in [0.5, 0.6) is 0 Å². The topological polar surface area (TPSA) is 66.5 Å². The third-order valence-corrected chi connectivity index (χ3v) is 2.92. The van der Waals surface area contributed by atoms with Gasteiger partial charge in [0.15, 0.2) is 5.65 Å². The zero-order valence-electron chi connectivity index (χ0n) is 8.40. The van der Waals surface area contributed by atoms with Crippen LogP contribution in [0.25, 0.3) is 11.2 Å². The highest BCUT2D eigenvalue weighted by Gasteiger charge is 2.20. The first-order chi connectivity index (χ1) is 7.45. The zero-order valence-corrected chi connectivity index (χ0v) is 8.40. The predicted octanol–water partition coefficient (Wildman–Crippen LogP) is 0.820. The van der Waals surface area contributed by atoms with Gasteiger partial charge in [0.05, 0.1) is 5.69 Å². The molecule has 1 saturated heterocycles. The van der Waals surface area contributed by atoms with E-state index in [1.165, 1.54) is 12.8 Å². The predicted molar refractivity (Wildman–Crippen MR) is 56.5 cm³/mol. The Morgan fingerprint density at radius 1 is 1.27 bits per heavy atom. The number of nitrogens with zero attached hydrogens (tertiary/aromatic N) is 3. The van der Waals surface area contributed by atoms with E-state index in [1.807, 2.05) is 0 Å². The first-order valence-electron chi connectivity index (χ1n) is 5.31. The quantitative estimate of drug-likeness (QED) is 0.720. The van der Waals surface area contributed by atoms with E-state index >= 15 is 0 Å². The molecule has 1 fully saturated rings. The average Bonchev–Trinajstić information content (AvgIpc) is 2.74. The van der Waals surface area contributed by atoms with Crippen LogP contribution in [0.4, 0.5) is 0 Å². The molecule has 0 unspecified atom stereocenters. The van der Waals surface area contributed by atoms with Gasteiger partial charge in [-0.05, 0) is 19.4 Å². The van der Waals surface area contributed by atoms with Crippen molar-refractivity contribution >= 4 is 11.2 Å². The highest BCUT2D eigenvalue weighted by molar-refractivity contribution is 5.72. The number of aromatic amines is 1. The van der Waals surface area contributed by atoms with Gasteiger partial charge in [0.1, 0.15) is 5.52 Å². The van der Waals surface area contributed by atoms with Gasteiger partial charge in [0.2, 0.25) is 0 Å². The van der Waals surface area contributed by atoms with Crippen LogP contribution in [-0.2, 0) is 0 Å². The molecule has 3 rings (SSSR count). The summed E-state index contributed by atoms with van der Waals surface area (Å²) < 4.78 is 0. The zero-order chi connectivity index (χ0) is 10.1. The summed E-state index contributed by atoms with van der Waals surface area (Å²) in [5.41, 5.74) is 2.77. The van der Waals surface area contributed by atoms with Crippen LogP contribution in [0.2, 0.25) is 0 Å². The Morgan fingerprint density at radius 3 is 3.07 bits per heavy atom. The summed E-state index contributed by atoms with van der Waals surface area (Å²) in [5, 5.41) is 10.6. The van der Waals surface area contributed by atoms with E-state index in [2.05, 4.69) is 25.5 Å². The van der Waals surface area contributed by atoms with Crippen LogP contribution in [0, 0.1) is 0 Å². The minimum Gasteiger partial charge on any atom is -0.316 e. The smallest absolute Gasteiger partial charge is 0.199 e. The SMILES string of the molecule is c1cnc2c([C@H]3CCCNC3)[nH]nc2n1. The minimum atomic E-state index is 0.500. The highest BCUT2D eigenvalue weighted by atomic mass is 15.2. The van der Waals surface area contributed by atoms with Crippen molar-refractivity contribution in [2.75, 3.05) is 13.1 Å². The number of H-pyrrole nitrogens is 1. The molecule has 0 radical (unpaired) electrons. The maximum atomic E-state index is 4.33. The molecule has 0 bridgehead atoms. The lowest BCUT2D eigenvalue weighted by Gasteiger charge is -2.21. The summed E-state index contributed by atoms with van der Waals surface area (Å²) in [6, 6.07) is 0. The van der Waals surface area contributed by atoms with Crippen molar-refractivity contribution in [2.45, 2.75) is 18.8 Å². The van der Waals surface area contributed by atoms with Crippen molar-refractivity contribution in [1.29, 1.82) is 0 Å². The molecular weight excluding hydrogens is 190 g/mol. The van der Waals surface area contributed by atoms with E-state index in [0.29, 0.717) is 5.92 Å². The Bertz CT molecular complexity index is 458. The third kappa shape index (κ3) is 1.48. The van der Waals surface area contributed by atoms with Crippen LogP contribution < -0.4 is 5.32 Å². The van der Waals surface area contributed by atoms with Crippen LogP contribution in [0.1, 0.15) is 24.5 Å². The molecule has 1 atom stereocenters. The Balaban J connectivity index is 2.02. The van der Waals surface area contributed by atoms with E-state index in [0.717, 1.165) is 29.9 Å². The lowest BCUT2D eigenvalue weighted by atomic mass is 9.96. The Morgan fingerprint density at radius 2 is 2.20 bits per heavy atom. The van der Waals surface area contributed by atoms with Crippen LogP contribution in [-0.4, -0.2) is 33.3 Å². The summed E-state index contributed by atoms with van der Waals surface area (Å²) >= 11 is 0. The minimum absolute atomic E-state index is 0.500. The fraction of sp³-hybridized carbons (Fsp3) is 0.500. The molecule has 0 aliphatic carbocycles. The molecule has 0 spiro atoms. The second kappa shape index (κ2) is 3.58. The van der Waals surface area contributed by atoms with Gasteiger partial charge in [0.25, 0.3) is 0 Å². The summed E-state index contributed by atoms with van der Waals surface area (Å²) in [4.78, 5) is 8.50. The van der Waals surface area contributed by atoms with Crippen LogP contribution in [0.15, 0.2) is 12.4 Å². The molecule has 0 amide bonds. The molecule has 0 aromatic carbocycles. The van der Waals surface area contributed by atoms with Gasteiger partial charge in [0, 0.05) is 24.9 Å². The fourth-order valence-corrected chi connectivity index (χ4v) is 2.15. The number of fused-ring (bicyclic) bond motifs is 1. The van der Waals surface area contributed by atoms with Gasteiger partial charge >= 0.3 is 0 Å². The molecule has 78 valence electrons. The largest absolute Gasteiger partial charge is 0.316 e. The third-order valence-electron chi connectivity index (χ3n) is 2.92. The number of aromatic nitrogens is 4. The van der Waals surface area contributed by atoms with E-state index in [1.54, 1.807) is 12.4 Å². The maximum absolute atomic E-state index is 4.33. The number of hydrogen-bond acceptors (Lipinski definition) is 4. The van der Waals surface area contributed by atoms with Gasteiger partial charge in [-0.3, -0.25) is 5.10 Å². The standard InChI is InChI=1S/C10H13N5/c1-2-7(6-11-3-1)8-9-10(15-14-8)13-5-4-12-9/h4-5,7,11H,1-3,6H2,(H,13,14,15)/t7-/m0/s1. The van der Waals surface area contributed by atoms with E-state index in [4.69, 9.17) is 0 Å². The van der Waals surface area contributed by atoms with Gasteiger partial charge in [-0.2, -0.15) is 5.10 Å². The summed E-state index contributed by atoms with van der Waals surface area (Å²) in [5.74, 6) is 0.500. The fourth-order valence-electron chi connectivity index (χ4n) is 2.15. The molecule has 5 nitrogen and oxygen atoms in total. The van der Waals surface area contributed by atoms with Gasteiger partial charge < -0.3 is 5.32 Å². The molecule has 5 heteroatoms. The summed E-state index contributed by atoms with van der Waals surface area (Å²) in [6.45, 7) is 2.13. The number of nitrogens with one attached hydrogen (secondary N) is 2. The molecule has 3 heterocycles. The van der Waals surface area contributed by atoms with Crippen LogP contribution >= 0.6 is 0 Å². The highest BCUT2D eigenvalue weighted by Crippen LogP contribution is 2.25. The Hall–Kier alpha value is -1.49. The second-order valence-electron chi connectivity index (χ2n) is 3.91. The lowest BCUT2D eigenvalue weighted by Crippen LogP contribution is -2.28. The second-order valence-corrected chi connectivity index (χ2v) is 3.91. The summed E-state index contributed by atoms with van der Waals surface area (Å²) in [7, 11) is 0. The molecule has 2 aromatic rings.